The van der Waals surface area contributed by atoms with Crippen LogP contribution in [0.2, 0.25) is 0 Å². The Hall–Kier alpha value is -2.10. The number of rotatable bonds is 3. The highest BCUT2D eigenvalue weighted by Crippen LogP contribution is 2.23. The molecule has 0 aliphatic heterocycles. The first-order valence-corrected chi connectivity index (χ1v) is 5.56. The van der Waals surface area contributed by atoms with Crippen molar-refractivity contribution in [2.45, 2.75) is 13.0 Å². The fraction of sp³-hybridized carbons (Fsp3) is 0.143. The van der Waals surface area contributed by atoms with E-state index in [0.717, 1.165) is 6.07 Å². The number of aromatic hydroxyl groups is 1. The number of phenolic OH excluding ortho intramolecular Hbond substituents is 1. The molecule has 94 valence electrons. The summed E-state index contributed by atoms with van der Waals surface area (Å²) < 4.78 is 26.2. The van der Waals surface area contributed by atoms with Gasteiger partial charge < -0.3 is 10.4 Å². The van der Waals surface area contributed by atoms with E-state index in [4.69, 9.17) is 0 Å². The summed E-state index contributed by atoms with van der Waals surface area (Å²) in [6.45, 7) is 1.79. The van der Waals surface area contributed by atoms with E-state index in [0.29, 0.717) is 11.3 Å². The second-order valence-electron chi connectivity index (χ2n) is 4.12. The minimum Gasteiger partial charge on any atom is -0.508 e. The van der Waals surface area contributed by atoms with Crippen molar-refractivity contribution >= 4 is 5.69 Å². The van der Waals surface area contributed by atoms with Gasteiger partial charge in [0.05, 0.1) is 0 Å². The van der Waals surface area contributed by atoms with Gasteiger partial charge in [-0.05, 0) is 36.8 Å². The second-order valence-corrected chi connectivity index (χ2v) is 4.12. The molecule has 0 amide bonds. The van der Waals surface area contributed by atoms with Crippen LogP contribution in [0.3, 0.4) is 0 Å². The maximum Gasteiger partial charge on any atom is 0.126 e. The van der Waals surface area contributed by atoms with Gasteiger partial charge in [-0.1, -0.05) is 6.07 Å². The molecule has 0 bridgehead atoms. The van der Waals surface area contributed by atoms with E-state index in [1.165, 1.54) is 12.1 Å². The van der Waals surface area contributed by atoms with Crippen LogP contribution in [0, 0.1) is 11.6 Å². The minimum atomic E-state index is -0.602. The van der Waals surface area contributed by atoms with Crippen LogP contribution in [0.25, 0.3) is 0 Å². The van der Waals surface area contributed by atoms with Crippen LogP contribution < -0.4 is 5.32 Å². The normalized spacial score (nSPS) is 12.2. The Kier molecular flexibility index (Phi) is 3.46. The Bertz CT molecular complexity index is 537. The Morgan fingerprint density at radius 2 is 1.72 bits per heavy atom. The summed E-state index contributed by atoms with van der Waals surface area (Å²) in [7, 11) is 0. The zero-order valence-electron chi connectivity index (χ0n) is 9.82. The van der Waals surface area contributed by atoms with Gasteiger partial charge in [0.1, 0.15) is 17.4 Å². The molecule has 2 aromatic carbocycles. The predicted octanol–water partition coefficient (Wildman–Crippen LogP) is 3.84. The van der Waals surface area contributed by atoms with Gasteiger partial charge in [-0.15, -0.1) is 0 Å². The van der Waals surface area contributed by atoms with E-state index in [-0.39, 0.29) is 11.8 Å². The van der Waals surface area contributed by atoms with Crippen molar-refractivity contribution in [1.29, 1.82) is 0 Å². The molecule has 1 atom stereocenters. The maximum absolute atomic E-state index is 13.1. The third-order valence-electron chi connectivity index (χ3n) is 2.61. The van der Waals surface area contributed by atoms with Crippen LogP contribution >= 0.6 is 0 Å². The molecule has 4 heteroatoms. The summed E-state index contributed by atoms with van der Waals surface area (Å²) in [5.41, 5.74) is 1.20. The number of nitrogens with one attached hydrogen (secondary N) is 1. The summed E-state index contributed by atoms with van der Waals surface area (Å²) in [5.74, 6) is -1.07. The van der Waals surface area contributed by atoms with Crippen LogP contribution in [0.1, 0.15) is 18.5 Å². The fourth-order valence-electron chi connectivity index (χ4n) is 1.75. The lowest BCUT2D eigenvalue weighted by molar-refractivity contribution is 0.475. The van der Waals surface area contributed by atoms with E-state index < -0.39 is 11.6 Å². The molecule has 0 aliphatic rings. The number of hydrogen-bond donors (Lipinski definition) is 2. The molecule has 2 nitrogen and oxygen atoms in total. The molecule has 0 heterocycles. The molecular weight excluding hydrogens is 236 g/mol. The van der Waals surface area contributed by atoms with Gasteiger partial charge in [0.2, 0.25) is 0 Å². The van der Waals surface area contributed by atoms with E-state index in [9.17, 15) is 13.9 Å². The molecule has 2 rings (SSSR count). The lowest BCUT2D eigenvalue weighted by Crippen LogP contribution is -2.07. The molecule has 0 fully saturated rings. The van der Waals surface area contributed by atoms with Crippen LogP contribution in [-0.4, -0.2) is 5.11 Å². The lowest BCUT2D eigenvalue weighted by Gasteiger charge is -2.16. The van der Waals surface area contributed by atoms with Gasteiger partial charge in [0.15, 0.2) is 0 Å². The van der Waals surface area contributed by atoms with Crippen LogP contribution in [0.5, 0.6) is 5.75 Å². The average Bonchev–Trinajstić information content (AvgIpc) is 2.27. The Labute approximate surface area is 104 Å². The van der Waals surface area contributed by atoms with Crippen molar-refractivity contribution in [3.8, 4) is 5.75 Å². The number of benzene rings is 2. The Morgan fingerprint density at radius 3 is 2.33 bits per heavy atom. The maximum atomic E-state index is 13.1. The SMILES string of the molecule is CC(Nc1cccc(O)c1)c1cc(F)cc(F)c1. The molecule has 0 saturated heterocycles. The molecule has 1 unspecified atom stereocenters. The third kappa shape index (κ3) is 2.97. The predicted molar refractivity (Wildman–Crippen MR) is 66.5 cm³/mol. The summed E-state index contributed by atoms with van der Waals surface area (Å²) in [5, 5.41) is 12.4. The van der Waals surface area contributed by atoms with E-state index >= 15 is 0 Å². The average molecular weight is 249 g/mol. The van der Waals surface area contributed by atoms with Crippen molar-refractivity contribution in [3.05, 3.63) is 59.7 Å². The zero-order chi connectivity index (χ0) is 13.1. The number of halogens is 2. The first-order chi connectivity index (χ1) is 8.54. The summed E-state index contributed by atoms with van der Waals surface area (Å²) in [6, 6.07) is 9.70. The van der Waals surface area contributed by atoms with Gasteiger partial charge in [0.25, 0.3) is 0 Å². The fourth-order valence-corrected chi connectivity index (χ4v) is 1.75. The molecule has 18 heavy (non-hydrogen) atoms. The van der Waals surface area contributed by atoms with E-state index in [1.807, 2.05) is 0 Å². The molecule has 0 spiro atoms. The molecular formula is C14H13F2NO. The smallest absolute Gasteiger partial charge is 0.126 e. The van der Waals surface area contributed by atoms with Crippen molar-refractivity contribution in [2.75, 3.05) is 5.32 Å². The minimum absolute atomic E-state index is 0.137. The van der Waals surface area contributed by atoms with Crippen molar-refractivity contribution in [3.63, 3.8) is 0 Å². The van der Waals surface area contributed by atoms with E-state index in [1.54, 1.807) is 31.2 Å². The van der Waals surface area contributed by atoms with Crippen LogP contribution in [0.4, 0.5) is 14.5 Å². The van der Waals surface area contributed by atoms with E-state index in [2.05, 4.69) is 5.32 Å². The number of phenols is 1. The molecule has 0 saturated carbocycles. The monoisotopic (exact) mass is 249 g/mol. The molecule has 2 aromatic rings. The van der Waals surface area contributed by atoms with Gasteiger partial charge in [-0.25, -0.2) is 8.78 Å². The number of anilines is 1. The number of hydrogen-bond acceptors (Lipinski definition) is 2. The molecule has 2 N–H and O–H groups in total. The lowest BCUT2D eigenvalue weighted by atomic mass is 10.1. The Morgan fingerprint density at radius 1 is 1.06 bits per heavy atom. The van der Waals surface area contributed by atoms with Gasteiger partial charge in [-0.3, -0.25) is 0 Å². The highest BCUT2D eigenvalue weighted by molar-refractivity contribution is 5.49. The van der Waals surface area contributed by atoms with Crippen LogP contribution in [0.15, 0.2) is 42.5 Å². The molecule has 0 aliphatic carbocycles. The van der Waals surface area contributed by atoms with Crippen molar-refractivity contribution < 1.29 is 13.9 Å². The second kappa shape index (κ2) is 5.04. The molecule has 0 aromatic heterocycles. The van der Waals surface area contributed by atoms with Crippen molar-refractivity contribution in [1.82, 2.24) is 0 Å². The van der Waals surface area contributed by atoms with Crippen molar-refractivity contribution in [2.24, 2.45) is 0 Å². The molecule has 0 radical (unpaired) electrons. The third-order valence-corrected chi connectivity index (χ3v) is 2.61. The largest absolute Gasteiger partial charge is 0.508 e. The van der Waals surface area contributed by atoms with Gasteiger partial charge in [-0.2, -0.15) is 0 Å². The van der Waals surface area contributed by atoms with Gasteiger partial charge >= 0.3 is 0 Å². The zero-order valence-corrected chi connectivity index (χ0v) is 9.82. The Balaban J connectivity index is 2.19. The topological polar surface area (TPSA) is 32.3 Å². The summed E-state index contributed by atoms with van der Waals surface area (Å²) >= 11 is 0. The highest BCUT2D eigenvalue weighted by Gasteiger charge is 2.08. The standard InChI is InChI=1S/C14H13F2NO/c1-9(10-5-11(15)7-12(16)6-10)17-13-3-2-4-14(18)8-13/h2-9,17-18H,1H3. The van der Waals surface area contributed by atoms with Crippen LogP contribution in [-0.2, 0) is 0 Å². The van der Waals surface area contributed by atoms with Gasteiger partial charge in [0, 0.05) is 23.9 Å². The quantitative estimate of drug-likeness (QED) is 0.866. The first kappa shape index (κ1) is 12.4. The summed E-state index contributed by atoms with van der Waals surface area (Å²) in [4.78, 5) is 0. The first-order valence-electron chi connectivity index (χ1n) is 5.56. The highest BCUT2D eigenvalue weighted by atomic mass is 19.1. The summed E-state index contributed by atoms with van der Waals surface area (Å²) in [6.07, 6.45) is 0.